The predicted octanol–water partition coefficient (Wildman–Crippen LogP) is 3.58. The van der Waals surface area contributed by atoms with Crippen LogP contribution < -0.4 is 5.56 Å². The number of nitrogens with zero attached hydrogens (tertiary/aromatic N) is 2. The lowest BCUT2D eigenvalue weighted by atomic mass is 10.1. The van der Waals surface area contributed by atoms with Gasteiger partial charge in [0.2, 0.25) is 0 Å². The third kappa shape index (κ3) is 2.98. The standard InChI is InChI=1S/C20H14N2O4S/c23-18-13-9-14(16-7-4-8-27-16)19(24)22(11-12-5-2-1-3-6-12)15(13)10-21-17(18)20(25)26/h1-10,23H,11H2,(H,25,26). The zero-order valence-corrected chi connectivity index (χ0v) is 14.8. The molecule has 0 fully saturated rings. The van der Waals surface area contributed by atoms with Gasteiger partial charge in [0.15, 0.2) is 11.4 Å². The van der Waals surface area contributed by atoms with Gasteiger partial charge in [-0.05, 0) is 23.1 Å². The molecule has 7 heteroatoms. The first-order chi connectivity index (χ1) is 13.1. The summed E-state index contributed by atoms with van der Waals surface area (Å²) >= 11 is 1.40. The second-order valence-corrected chi connectivity index (χ2v) is 6.92. The van der Waals surface area contributed by atoms with Gasteiger partial charge in [-0.2, -0.15) is 0 Å². The van der Waals surface area contributed by atoms with E-state index < -0.39 is 17.4 Å². The molecule has 0 saturated carbocycles. The first-order valence-corrected chi connectivity index (χ1v) is 9.01. The lowest BCUT2D eigenvalue weighted by molar-refractivity contribution is 0.0687. The van der Waals surface area contributed by atoms with Crippen molar-refractivity contribution < 1.29 is 15.0 Å². The van der Waals surface area contributed by atoms with Crippen LogP contribution in [0.5, 0.6) is 5.75 Å². The van der Waals surface area contributed by atoms with E-state index in [0.717, 1.165) is 10.4 Å². The van der Waals surface area contributed by atoms with Crippen LogP contribution in [0.15, 0.2) is 64.9 Å². The Morgan fingerprint density at radius 3 is 2.59 bits per heavy atom. The van der Waals surface area contributed by atoms with E-state index in [1.807, 2.05) is 47.8 Å². The average Bonchev–Trinajstić information content (AvgIpc) is 3.19. The highest BCUT2D eigenvalue weighted by molar-refractivity contribution is 7.13. The Kier molecular flexibility index (Phi) is 4.21. The maximum Gasteiger partial charge on any atom is 0.358 e. The van der Waals surface area contributed by atoms with E-state index >= 15 is 0 Å². The summed E-state index contributed by atoms with van der Waals surface area (Å²) in [6.45, 7) is 0.281. The van der Waals surface area contributed by atoms with Crippen molar-refractivity contribution in [1.29, 1.82) is 0 Å². The highest BCUT2D eigenvalue weighted by Crippen LogP contribution is 2.31. The number of benzene rings is 1. The monoisotopic (exact) mass is 378 g/mol. The number of rotatable bonds is 4. The number of thiophene rings is 1. The molecule has 134 valence electrons. The van der Waals surface area contributed by atoms with Gasteiger partial charge in [0.25, 0.3) is 5.56 Å². The van der Waals surface area contributed by atoms with Crippen LogP contribution in [0.3, 0.4) is 0 Å². The minimum Gasteiger partial charge on any atom is -0.505 e. The van der Waals surface area contributed by atoms with E-state index in [-0.39, 0.29) is 17.5 Å². The number of hydrogen-bond acceptors (Lipinski definition) is 5. The molecular formula is C20H14N2O4S. The molecule has 27 heavy (non-hydrogen) atoms. The van der Waals surface area contributed by atoms with Gasteiger partial charge < -0.3 is 14.8 Å². The second kappa shape index (κ2) is 6.69. The van der Waals surface area contributed by atoms with Crippen molar-refractivity contribution >= 4 is 28.2 Å². The number of hydrogen-bond donors (Lipinski definition) is 2. The predicted molar refractivity (Wildman–Crippen MR) is 103 cm³/mol. The molecular weight excluding hydrogens is 364 g/mol. The van der Waals surface area contributed by atoms with Crippen LogP contribution in [0.1, 0.15) is 16.1 Å². The van der Waals surface area contributed by atoms with Gasteiger partial charge in [-0.1, -0.05) is 36.4 Å². The topological polar surface area (TPSA) is 92.4 Å². The van der Waals surface area contributed by atoms with Gasteiger partial charge in [0, 0.05) is 10.3 Å². The van der Waals surface area contributed by atoms with E-state index in [1.54, 1.807) is 0 Å². The summed E-state index contributed by atoms with van der Waals surface area (Å²) in [5.74, 6) is -1.77. The first-order valence-electron chi connectivity index (χ1n) is 8.13. The fraction of sp³-hybridized carbons (Fsp3) is 0.0500. The molecule has 0 saturated heterocycles. The van der Waals surface area contributed by atoms with E-state index in [2.05, 4.69) is 4.98 Å². The number of carbonyl (C=O) groups is 1. The van der Waals surface area contributed by atoms with Crippen LogP contribution in [0.2, 0.25) is 0 Å². The fourth-order valence-corrected chi connectivity index (χ4v) is 3.75. The number of aromatic hydroxyl groups is 1. The summed E-state index contributed by atoms with van der Waals surface area (Å²) in [7, 11) is 0. The average molecular weight is 378 g/mol. The molecule has 4 rings (SSSR count). The molecule has 6 nitrogen and oxygen atoms in total. The fourth-order valence-electron chi connectivity index (χ4n) is 3.01. The van der Waals surface area contributed by atoms with E-state index in [1.165, 1.54) is 28.2 Å². The Bertz CT molecular complexity index is 1200. The molecule has 3 aromatic heterocycles. The van der Waals surface area contributed by atoms with Gasteiger partial charge in [0.05, 0.1) is 23.8 Å². The number of carboxylic acid groups (broad SMARTS) is 1. The molecule has 2 N–H and O–H groups in total. The number of aromatic carboxylic acids is 1. The van der Waals surface area contributed by atoms with Crippen molar-refractivity contribution in [3.63, 3.8) is 0 Å². The van der Waals surface area contributed by atoms with Gasteiger partial charge in [0.1, 0.15) is 0 Å². The smallest absolute Gasteiger partial charge is 0.358 e. The van der Waals surface area contributed by atoms with Crippen LogP contribution in [-0.2, 0) is 6.54 Å². The van der Waals surface area contributed by atoms with Crippen LogP contribution in [-0.4, -0.2) is 25.7 Å². The summed E-state index contributed by atoms with van der Waals surface area (Å²) in [6.07, 6.45) is 1.32. The summed E-state index contributed by atoms with van der Waals surface area (Å²) < 4.78 is 1.51. The van der Waals surface area contributed by atoms with Crippen molar-refractivity contribution in [2.75, 3.05) is 0 Å². The van der Waals surface area contributed by atoms with Crippen molar-refractivity contribution in [3.05, 3.63) is 81.7 Å². The minimum atomic E-state index is -1.33. The van der Waals surface area contributed by atoms with Crippen molar-refractivity contribution in [1.82, 2.24) is 9.55 Å². The summed E-state index contributed by atoms with van der Waals surface area (Å²) in [6, 6.07) is 14.6. The summed E-state index contributed by atoms with van der Waals surface area (Å²) in [5, 5.41) is 21.9. The molecule has 4 aromatic rings. The number of pyridine rings is 2. The van der Waals surface area contributed by atoms with Gasteiger partial charge in [-0.15, -0.1) is 11.3 Å². The number of carboxylic acids is 1. The zero-order valence-electron chi connectivity index (χ0n) is 14.0. The normalized spacial score (nSPS) is 11.0. The molecule has 0 atom stereocenters. The molecule has 0 radical (unpaired) electrons. The third-order valence-corrected chi connectivity index (χ3v) is 5.20. The molecule has 0 aliphatic heterocycles. The third-order valence-electron chi connectivity index (χ3n) is 4.30. The SMILES string of the molecule is O=C(O)c1ncc2c(cc(-c3cccs3)c(=O)n2Cc2ccccc2)c1O. The largest absolute Gasteiger partial charge is 0.505 e. The highest BCUT2D eigenvalue weighted by atomic mass is 32.1. The Morgan fingerprint density at radius 1 is 1.15 bits per heavy atom. The van der Waals surface area contributed by atoms with Gasteiger partial charge >= 0.3 is 5.97 Å². The lowest BCUT2D eigenvalue weighted by Crippen LogP contribution is -2.23. The van der Waals surface area contributed by atoms with E-state index in [0.29, 0.717) is 11.1 Å². The lowest BCUT2D eigenvalue weighted by Gasteiger charge is -2.14. The van der Waals surface area contributed by atoms with Crippen molar-refractivity contribution in [2.24, 2.45) is 0 Å². The van der Waals surface area contributed by atoms with Crippen LogP contribution in [0, 0.1) is 0 Å². The Morgan fingerprint density at radius 2 is 1.93 bits per heavy atom. The Labute approximate surface area is 157 Å². The molecule has 0 bridgehead atoms. The molecule has 0 unspecified atom stereocenters. The first kappa shape index (κ1) is 17.0. The number of aromatic nitrogens is 2. The highest BCUT2D eigenvalue weighted by Gasteiger charge is 2.20. The van der Waals surface area contributed by atoms with E-state index in [9.17, 15) is 19.8 Å². The maximum absolute atomic E-state index is 13.2. The molecule has 0 amide bonds. The molecule has 0 aliphatic carbocycles. The van der Waals surface area contributed by atoms with Crippen molar-refractivity contribution in [3.8, 4) is 16.2 Å². The number of fused-ring (bicyclic) bond motifs is 1. The molecule has 1 aromatic carbocycles. The Balaban J connectivity index is 2.04. The zero-order chi connectivity index (χ0) is 19.0. The minimum absolute atomic E-state index is 0.224. The molecule has 0 aliphatic rings. The quantitative estimate of drug-likeness (QED) is 0.566. The summed E-state index contributed by atoms with van der Waals surface area (Å²) in [4.78, 5) is 29.1. The van der Waals surface area contributed by atoms with Crippen LogP contribution >= 0.6 is 11.3 Å². The maximum atomic E-state index is 13.2. The van der Waals surface area contributed by atoms with Gasteiger partial charge in [-0.25, -0.2) is 9.78 Å². The van der Waals surface area contributed by atoms with Crippen LogP contribution in [0.25, 0.3) is 21.3 Å². The van der Waals surface area contributed by atoms with Crippen LogP contribution in [0.4, 0.5) is 0 Å². The molecule has 0 spiro atoms. The van der Waals surface area contributed by atoms with Gasteiger partial charge in [-0.3, -0.25) is 4.79 Å². The van der Waals surface area contributed by atoms with E-state index in [4.69, 9.17) is 0 Å². The summed E-state index contributed by atoms with van der Waals surface area (Å²) in [5.41, 5.74) is 1.03. The second-order valence-electron chi connectivity index (χ2n) is 5.97. The van der Waals surface area contributed by atoms with Crippen molar-refractivity contribution in [2.45, 2.75) is 6.54 Å². The molecule has 3 heterocycles. The Hall–Kier alpha value is -3.45.